The number of benzene rings is 2. The summed E-state index contributed by atoms with van der Waals surface area (Å²) in [5.41, 5.74) is 0.868. The van der Waals surface area contributed by atoms with Crippen LogP contribution in [0.2, 0.25) is 0 Å². The lowest BCUT2D eigenvalue weighted by Gasteiger charge is -2.11. The van der Waals surface area contributed by atoms with E-state index in [9.17, 15) is 4.79 Å². The molecule has 110 valence electrons. The van der Waals surface area contributed by atoms with Crippen molar-refractivity contribution in [3.05, 3.63) is 54.6 Å². The molecule has 0 atom stereocenters. The van der Waals surface area contributed by atoms with Crippen molar-refractivity contribution in [1.82, 2.24) is 5.32 Å². The highest BCUT2D eigenvalue weighted by molar-refractivity contribution is 7.99. The number of anilines is 1. The summed E-state index contributed by atoms with van der Waals surface area (Å²) in [6.07, 6.45) is 0.484. The standard InChI is InChI=1S/C17H20N2OS/c1-2-18-13-12-17(20)19-15-10-6-7-11-16(15)21-14-8-4-3-5-9-14/h3-11,18H,2,12-13H2,1H3,(H,19,20). The third-order valence-electron chi connectivity index (χ3n) is 2.91. The van der Waals surface area contributed by atoms with Crippen LogP contribution in [0.5, 0.6) is 0 Å². The maximum Gasteiger partial charge on any atom is 0.225 e. The van der Waals surface area contributed by atoms with Crippen molar-refractivity contribution in [1.29, 1.82) is 0 Å². The molecular weight excluding hydrogens is 280 g/mol. The Morgan fingerprint density at radius 2 is 1.76 bits per heavy atom. The molecule has 2 rings (SSSR count). The molecule has 2 N–H and O–H groups in total. The van der Waals surface area contributed by atoms with Gasteiger partial charge in [-0.1, -0.05) is 49.0 Å². The predicted octanol–water partition coefficient (Wildman–Crippen LogP) is 3.78. The van der Waals surface area contributed by atoms with Gasteiger partial charge in [-0.3, -0.25) is 4.79 Å². The fourth-order valence-electron chi connectivity index (χ4n) is 1.87. The van der Waals surface area contributed by atoms with E-state index in [1.165, 1.54) is 0 Å². The second-order valence-electron chi connectivity index (χ2n) is 4.56. The van der Waals surface area contributed by atoms with Crippen LogP contribution in [0.15, 0.2) is 64.4 Å². The van der Waals surface area contributed by atoms with Crippen LogP contribution in [0.3, 0.4) is 0 Å². The number of nitrogens with one attached hydrogen (secondary N) is 2. The van der Waals surface area contributed by atoms with Crippen LogP contribution in [0.4, 0.5) is 5.69 Å². The molecule has 1 amide bonds. The minimum absolute atomic E-state index is 0.0389. The zero-order valence-corrected chi connectivity index (χ0v) is 13.0. The van der Waals surface area contributed by atoms with Gasteiger partial charge in [-0.25, -0.2) is 0 Å². The number of amides is 1. The smallest absolute Gasteiger partial charge is 0.225 e. The summed E-state index contributed by atoms with van der Waals surface area (Å²) in [6, 6.07) is 18.0. The number of hydrogen-bond donors (Lipinski definition) is 2. The highest BCUT2D eigenvalue weighted by Gasteiger charge is 2.07. The number of carbonyl (C=O) groups excluding carboxylic acids is 1. The van der Waals surface area contributed by atoms with Crippen LogP contribution in [-0.2, 0) is 4.79 Å². The fraction of sp³-hybridized carbons (Fsp3) is 0.235. The monoisotopic (exact) mass is 300 g/mol. The van der Waals surface area contributed by atoms with Crippen LogP contribution in [0.25, 0.3) is 0 Å². The van der Waals surface area contributed by atoms with Gasteiger partial charge in [0.1, 0.15) is 0 Å². The van der Waals surface area contributed by atoms with Crippen molar-refractivity contribution < 1.29 is 4.79 Å². The first-order valence-corrected chi connectivity index (χ1v) is 7.93. The largest absolute Gasteiger partial charge is 0.325 e. The van der Waals surface area contributed by atoms with Crippen molar-refractivity contribution in [2.45, 2.75) is 23.1 Å². The second kappa shape index (κ2) is 8.49. The van der Waals surface area contributed by atoms with Gasteiger partial charge in [0, 0.05) is 22.8 Å². The molecule has 0 saturated heterocycles. The molecule has 0 heterocycles. The molecule has 0 spiro atoms. The van der Waals surface area contributed by atoms with Crippen LogP contribution >= 0.6 is 11.8 Å². The Labute approximate surface area is 130 Å². The minimum atomic E-state index is 0.0389. The second-order valence-corrected chi connectivity index (χ2v) is 5.68. The first-order chi connectivity index (χ1) is 10.3. The summed E-state index contributed by atoms with van der Waals surface area (Å²) in [4.78, 5) is 14.1. The van der Waals surface area contributed by atoms with Gasteiger partial charge in [0.25, 0.3) is 0 Å². The summed E-state index contributed by atoms with van der Waals surface area (Å²) in [5.74, 6) is 0.0389. The van der Waals surface area contributed by atoms with E-state index in [1.54, 1.807) is 11.8 Å². The zero-order valence-electron chi connectivity index (χ0n) is 12.1. The average molecular weight is 300 g/mol. The summed E-state index contributed by atoms with van der Waals surface area (Å²) >= 11 is 1.65. The van der Waals surface area contributed by atoms with Gasteiger partial charge < -0.3 is 10.6 Å². The van der Waals surface area contributed by atoms with E-state index in [1.807, 2.05) is 49.4 Å². The first-order valence-electron chi connectivity index (χ1n) is 7.12. The first kappa shape index (κ1) is 15.6. The maximum absolute atomic E-state index is 11.9. The van der Waals surface area contributed by atoms with E-state index < -0.39 is 0 Å². The lowest BCUT2D eigenvalue weighted by Crippen LogP contribution is -2.21. The fourth-order valence-corrected chi connectivity index (χ4v) is 2.79. The number of carbonyl (C=O) groups is 1. The predicted molar refractivity (Wildman–Crippen MR) is 88.8 cm³/mol. The SMILES string of the molecule is CCNCCC(=O)Nc1ccccc1Sc1ccccc1. The molecule has 0 bridgehead atoms. The van der Waals surface area contributed by atoms with E-state index in [0.29, 0.717) is 13.0 Å². The Hall–Kier alpha value is -1.78. The Morgan fingerprint density at radius 1 is 1.05 bits per heavy atom. The molecule has 0 fully saturated rings. The van der Waals surface area contributed by atoms with Gasteiger partial charge in [0.2, 0.25) is 5.91 Å². The van der Waals surface area contributed by atoms with Crippen molar-refractivity contribution in [3.8, 4) is 0 Å². The van der Waals surface area contributed by atoms with Gasteiger partial charge in [-0.05, 0) is 30.8 Å². The Balaban J connectivity index is 2.01. The van der Waals surface area contributed by atoms with Gasteiger partial charge in [-0.15, -0.1) is 0 Å². The van der Waals surface area contributed by atoms with Gasteiger partial charge in [-0.2, -0.15) is 0 Å². The average Bonchev–Trinajstić information content (AvgIpc) is 2.51. The number of para-hydroxylation sites is 1. The highest BCUT2D eigenvalue weighted by atomic mass is 32.2. The van der Waals surface area contributed by atoms with E-state index in [-0.39, 0.29) is 5.91 Å². The van der Waals surface area contributed by atoms with Crippen LogP contribution < -0.4 is 10.6 Å². The van der Waals surface area contributed by atoms with Crippen LogP contribution in [0, 0.1) is 0 Å². The van der Waals surface area contributed by atoms with Crippen LogP contribution in [-0.4, -0.2) is 19.0 Å². The number of rotatable bonds is 7. The molecule has 0 saturated carbocycles. The molecule has 2 aromatic carbocycles. The molecule has 21 heavy (non-hydrogen) atoms. The summed E-state index contributed by atoms with van der Waals surface area (Å²) < 4.78 is 0. The van der Waals surface area contributed by atoms with Crippen molar-refractivity contribution in [2.75, 3.05) is 18.4 Å². The van der Waals surface area contributed by atoms with Gasteiger partial charge >= 0.3 is 0 Å². The molecule has 0 unspecified atom stereocenters. The van der Waals surface area contributed by atoms with E-state index in [0.717, 1.165) is 22.0 Å². The molecule has 0 aliphatic heterocycles. The van der Waals surface area contributed by atoms with Crippen LogP contribution in [0.1, 0.15) is 13.3 Å². The van der Waals surface area contributed by atoms with Gasteiger partial charge in [0.05, 0.1) is 5.69 Å². The summed E-state index contributed by atoms with van der Waals surface area (Å²) in [7, 11) is 0. The highest BCUT2D eigenvalue weighted by Crippen LogP contribution is 2.33. The molecule has 2 aromatic rings. The number of hydrogen-bond acceptors (Lipinski definition) is 3. The molecule has 0 aromatic heterocycles. The third-order valence-corrected chi connectivity index (χ3v) is 3.99. The molecular formula is C17H20N2OS. The lowest BCUT2D eigenvalue weighted by atomic mass is 10.3. The zero-order chi connectivity index (χ0) is 14.9. The molecule has 0 radical (unpaired) electrons. The molecule has 0 aliphatic rings. The van der Waals surface area contributed by atoms with Gasteiger partial charge in [0.15, 0.2) is 0 Å². The van der Waals surface area contributed by atoms with E-state index in [2.05, 4.69) is 22.8 Å². The molecule has 0 aliphatic carbocycles. The summed E-state index contributed by atoms with van der Waals surface area (Å²) in [6.45, 7) is 3.62. The quantitative estimate of drug-likeness (QED) is 0.765. The Morgan fingerprint density at radius 3 is 2.52 bits per heavy atom. The molecule has 4 heteroatoms. The van der Waals surface area contributed by atoms with Crippen molar-refractivity contribution in [2.24, 2.45) is 0 Å². The minimum Gasteiger partial charge on any atom is -0.325 e. The third kappa shape index (κ3) is 5.25. The van der Waals surface area contributed by atoms with E-state index in [4.69, 9.17) is 0 Å². The van der Waals surface area contributed by atoms with E-state index >= 15 is 0 Å². The Bertz CT molecular complexity index is 572. The summed E-state index contributed by atoms with van der Waals surface area (Å²) in [5, 5.41) is 6.14. The molecule has 3 nitrogen and oxygen atoms in total. The normalized spacial score (nSPS) is 10.3. The maximum atomic E-state index is 11.9. The lowest BCUT2D eigenvalue weighted by molar-refractivity contribution is -0.116. The van der Waals surface area contributed by atoms with Crippen molar-refractivity contribution in [3.63, 3.8) is 0 Å². The topological polar surface area (TPSA) is 41.1 Å². The van der Waals surface area contributed by atoms with Crippen molar-refractivity contribution >= 4 is 23.4 Å². The Kier molecular flexibility index (Phi) is 6.31.